The highest BCUT2D eigenvalue weighted by atomic mass is 35.5. The summed E-state index contributed by atoms with van der Waals surface area (Å²) < 4.78 is 13.3. The van der Waals surface area contributed by atoms with Gasteiger partial charge in [0, 0.05) is 16.8 Å². The van der Waals surface area contributed by atoms with Crippen molar-refractivity contribution in [2.24, 2.45) is 0 Å². The number of carbonyl (C=O) groups excluding carboxylic acids is 1. The molecule has 0 aliphatic carbocycles. The Morgan fingerprint density at radius 2 is 2.29 bits per heavy atom. The lowest BCUT2D eigenvalue weighted by Crippen LogP contribution is -2.26. The standard InChI is InChI=1S/C12H15ClFNOS/c1-8(17-2)5-6-15-12(16)10-7-9(13)3-4-11(10)14/h3-4,7-8H,5-6H2,1-2H3,(H,15,16). The maximum Gasteiger partial charge on any atom is 0.254 e. The molecule has 0 bridgehead atoms. The molecule has 0 fully saturated rings. The van der Waals surface area contributed by atoms with Gasteiger partial charge in [-0.05, 0) is 30.9 Å². The van der Waals surface area contributed by atoms with Gasteiger partial charge in [-0.1, -0.05) is 18.5 Å². The highest BCUT2D eigenvalue weighted by Crippen LogP contribution is 2.15. The normalized spacial score (nSPS) is 12.2. The van der Waals surface area contributed by atoms with Gasteiger partial charge < -0.3 is 5.32 Å². The first kappa shape index (κ1) is 14.3. The highest BCUT2D eigenvalue weighted by molar-refractivity contribution is 7.99. The SMILES string of the molecule is CSC(C)CCNC(=O)c1cc(Cl)ccc1F. The van der Waals surface area contributed by atoms with Crippen LogP contribution in [0.1, 0.15) is 23.7 Å². The summed E-state index contributed by atoms with van der Waals surface area (Å²) in [7, 11) is 0. The molecule has 2 nitrogen and oxygen atoms in total. The molecule has 0 spiro atoms. The van der Waals surface area contributed by atoms with Gasteiger partial charge in [0.1, 0.15) is 5.82 Å². The molecule has 17 heavy (non-hydrogen) atoms. The van der Waals surface area contributed by atoms with E-state index in [2.05, 4.69) is 12.2 Å². The van der Waals surface area contributed by atoms with E-state index in [1.807, 2.05) is 6.26 Å². The van der Waals surface area contributed by atoms with Crippen molar-refractivity contribution in [2.45, 2.75) is 18.6 Å². The third kappa shape index (κ3) is 4.56. The predicted molar refractivity (Wildman–Crippen MR) is 71.3 cm³/mol. The summed E-state index contributed by atoms with van der Waals surface area (Å²) in [6, 6.07) is 3.95. The molecule has 1 amide bonds. The quantitative estimate of drug-likeness (QED) is 0.893. The molecule has 0 heterocycles. The number of halogens is 2. The van der Waals surface area contributed by atoms with Gasteiger partial charge in [0.2, 0.25) is 0 Å². The molecule has 0 aromatic heterocycles. The molecule has 0 saturated heterocycles. The molecule has 1 rings (SSSR count). The molecule has 0 aliphatic rings. The molecule has 0 saturated carbocycles. The number of amides is 1. The van der Waals surface area contributed by atoms with Crippen LogP contribution in [0, 0.1) is 5.82 Å². The van der Waals surface area contributed by atoms with E-state index in [1.54, 1.807) is 11.8 Å². The Balaban J connectivity index is 2.55. The maximum atomic E-state index is 13.3. The minimum atomic E-state index is -0.551. The number of carbonyl (C=O) groups is 1. The van der Waals surface area contributed by atoms with Crippen LogP contribution in [0.2, 0.25) is 5.02 Å². The zero-order chi connectivity index (χ0) is 12.8. The zero-order valence-corrected chi connectivity index (χ0v) is 11.4. The fraction of sp³-hybridized carbons (Fsp3) is 0.417. The Morgan fingerprint density at radius 3 is 2.94 bits per heavy atom. The van der Waals surface area contributed by atoms with E-state index in [0.717, 1.165) is 6.42 Å². The van der Waals surface area contributed by atoms with Gasteiger partial charge in [0.25, 0.3) is 5.91 Å². The Hall–Kier alpha value is -0.740. The van der Waals surface area contributed by atoms with Gasteiger partial charge in [-0.3, -0.25) is 4.79 Å². The van der Waals surface area contributed by atoms with Crippen molar-refractivity contribution < 1.29 is 9.18 Å². The third-order valence-corrected chi connectivity index (χ3v) is 3.69. The Labute approximate surface area is 110 Å². The first-order chi connectivity index (χ1) is 8.04. The van der Waals surface area contributed by atoms with Crippen LogP contribution in [-0.2, 0) is 0 Å². The van der Waals surface area contributed by atoms with Crippen molar-refractivity contribution in [1.82, 2.24) is 5.32 Å². The number of hydrogen-bond acceptors (Lipinski definition) is 2. The number of nitrogens with one attached hydrogen (secondary N) is 1. The van der Waals surface area contributed by atoms with Crippen molar-refractivity contribution in [1.29, 1.82) is 0 Å². The molecule has 0 aliphatic heterocycles. The monoisotopic (exact) mass is 275 g/mol. The van der Waals surface area contributed by atoms with Gasteiger partial charge in [-0.25, -0.2) is 4.39 Å². The predicted octanol–water partition coefficient (Wildman–Crippen LogP) is 3.35. The topological polar surface area (TPSA) is 29.1 Å². The first-order valence-corrected chi connectivity index (χ1v) is 6.97. The summed E-state index contributed by atoms with van der Waals surface area (Å²) in [5.41, 5.74) is -0.00527. The molecule has 5 heteroatoms. The van der Waals surface area contributed by atoms with E-state index in [1.165, 1.54) is 18.2 Å². The Morgan fingerprint density at radius 1 is 1.59 bits per heavy atom. The van der Waals surface area contributed by atoms with Crippen LogP contribution in [0.3, 0.4) is 0 Å². The molecular formula is C12H15ClFNOS. The number of rotatable bonds is 5. The van der Waals surface area contributed by atoms with E-state index in [-0.39, 0.29) is 5.56 Å². The lowest BCUT2D eigenvalue weighted by atomic mass is 10.2. The lowest BCUT2D eigenvalue weighted by molar-refractivity contribution is 0.0949. The first-order valence-electron chi connectivity index (χ1n) is 5.30. The lowest BCUT2D eigenvalue weighted by Gasteiger charge is -2.09. The molecule has 94 valence electrons. The molecule has 1 atom stereocenters. The summed E-state index contributed by atoms with van der Waals surface area (Å²) in [4.78, 5) is 11.7. The summed E-state index contributed by atoms with van der Waals surface area (Å²) in [5.74, 6) is -0.969. The van der Waals surface area contributed by atoms with Crippen LogP contribution in [0.15, 0.2) is 18.2 Å². The van der Waals surface area contributed by atoms with Crippen LogP contribution >= 0.6 is 23.4 Å². The zero-order valence-electron chi connectivity index (χ0n) is 9.80. The Kier molecular flexibility index (Phi) is 5.78. The van der Waals surface area contributed by atoms with Crippen molar-refractivity contribution >= 4 is 29.3 Å². The average molecular weight is 276 g/mol. The molecule has 1 aromatic rings. The smallest absolute Gasteiger partial charge is 0.254 e. The molecular weight excluding hydrogens is 261 g/mol. The van der Waals surface area contributed by atoms with Gasteiger partial charge in [-0.2, -0.15) is 11.8 Å². The minimum Gasteiger partial charge on any atom is -0.352 e. The number of thioether (sulfide) groups is 1. The van der Waals surface area contributed by atoms with Crippen molar-refractivity contribution in [3.8, 4) is 0 Å². The van der Waals surface area contributed by atoms with E-state index in [0.29, 0.717) is 16.8 Å². The number of benzene rings is 1. The fourth-order valence-corrected chi connectivity index (χ4v) is 1.80. The third-order valence-electron chi connectivity index (χ3n) is 2.41. The summed E-state index contributed by atoms with van der Waals surface area (Å²) in [5, 5.41) is 3.51. The van der Waals surface area contributed by atoms with Gasteiger partial charge >= 0.3 is 0 Å². The second-order valence-electron chi connectivity index (χ2n) is 3.72. The largest absolute Gasteiger partial charge is 0.352 e. The van der Waals surface area contributed by atoms with Crippen LogP contribution in [0.5, 0.6) is 0 Å². The maximum absolute atomic E-state index is 13.3. The van der Waals surface area contributed by atoms with Crippen LogP contribution in [0.4, 0.5) is 4.39 Å². The summed E-state index contributed by atoms with van der Waals surface area (Å²) in [6.45, 7) is 2.61. The second kappa shape index (κ2) is 6.87. The van der Waals surface area contributed by atoms with Crippen molar-refractivity contribution in [2.75, 3.05) is 12.8 Å². The van der Waals surface area contributed by atoms with E-state index in [4.69, 9.17) is 11.6 Å². The molecule has 1 aromatic carbocycles. The molecule has 1 unspecified atom stereocenters. The highest BCUT2D eigenvalue weighted by Gasteiger charge is 2.11. The van der Waals surface area contributed by atoms with Crippen LogP contribution in [0.25, 0.3) is 0 Å². The van der Waals surface area contributed by atoms with Crippen LogP contribution in [-0.4, -0.2) is 24.0 Å². The Bertz CT molecular complexity index is 400. The van der Waals surface area contributed by atoms with E-state index >= 15 is 0 Å². The van der Waals surface area contributed by atoms with Gasteiger partial charge in [0.15, 0.2) is 0 Å². The average Bonchev–Trinajstić information content (AvgIpc) is 2.31. The van der Waals surface area contributed by atoms with Gasteiger partial charge in [-0.15, -0.1) is 0 Å². The van der Waals surface area contributed by atoms with E-state index < -0.39 is 11.7 Å². The summed E-state index contributed by atoms with van der Waals surface area (Å²) >= 11 is 7.45. The molecule has 0 radical (unpaired) electrons. The molecule has 1 N–H and O–H groups in total. The van der Waals surface area contributed by atoms with Gasteiger partial charge in [0.05, 0.1) is 5.56 Å². The minimum absolute atomic E-state index is 0.00527. The van der Waals surface area contributed by atoms with Crippen LogP contribution < -0.4 is 5.32 Å². The van der Waals surface area contributed by atoms with Crippen molar-refractivity contribution in [3.05, 3.63) is 34.6 Å². The number of hydrogen-bond donors (Lipinski definition) is 1. The van der Waals surface area contributed by atoms with Crippen molar-refractivity contribution in [3.63, 3.8) is 0 Å². The van der Waals surface area contributed by atoms with E-state index in [9.17, 15) is 9.18 Å². The second-order valence-corrected chi connectivity index (χ2v) is 5.43. The fourth-order valence-electron chi connectivity index (χ4n) is 1.27. The summed E-state index contributed by atoms with van der Waals surface area (Å²) in [6.07, 6.45) is 2.87.